The van der Waals surface area contributed by atoms with E-state index >= 15 is 0 Å². The summed E-state index contributed by atoms with van der Waals surface area (Å²) in [6.07, 6.45) is 1.35. The molecule has 0 spiro atoms. The maximum Gasteiger partial charge on any atom is 0.274 e. The summed E-state index contributed by atoms with van der Waals surface area (Å²) >= 11 is 6.00. The zero-order valence-corrected chi connectivity index (χ0v) is 12.0. The van der Waals surface area contributed by atoms with Crippen LogP contribution in [0.3, 0.4) is 0 Å². The van der Waals surface area contributed by atoms with Crippen molar-refractivity contribution in [2.45, 2.75) is 19.9 Å². The van der Waals surface area contributed by atoms with Crippen LogP contribution in [0, 0.1) is 0 Å². The Labute approximate surface area is 122 Å². The third kappa shape index (κ3) is 3.68. The van der Waals surface area contributed by atoms with Gasteiger partial charge in [0.1, 0.15) is 17.8 Å². The van der Waals surface area contributed by atoms with E-state index in [-0.39, 0.29) is 17.6 Å². The molecule has 2 aromatic rings. The normalized spacial score (nSPS) is 10.4. The molecule has 5 nitrogen and oxygen atoms in total. The molecule has 0 aliphatic rings. The zero-order chi connectivity index (χ0) is 14.5. The molecule has 6 heteroatoms. The number of hydrogen-bond acceptors (Lipinski definition) is 4. The van der Waals surface area contributed by atoms with Crippen molar-refractivity contribution >= 4 is 29.0 Å². The second-order valence-electron chi connectivity index (χ2n) is 4.52. The summed E-state index contributed by atoms with van der Waals surface area (Å²) in [4.78, 5) is 20.1. The van der Waals surface area contributed by atoms with Crippen LogP contribution in [0.4, 0.5) is 11.5 Å². The van der Waals surface area contributed by atoms with Gasteiger partial charge in [-0.05, 0) is 26.0 Å². The highest BCUT2D eigenvalue weighted by Crippen LogP contribution is 2.21. The Hall–Kier alpha value is -2.14. The Kier molecular flexibility index (Phi) is 4.53. The number of amides is 1. The van der Waals surface area contributed by atoms with Crippen molar-refractivity contribution in [2.75, 3.05) is 10.6 Å². The Morgan fingerprint density at radius 3 is 2.70 bits per heavy atom. The molecule has 0 fully saturated rings. The molecule has 0 aliphatic carbocycles. The molecule has 0 atom stereocenters. The first-order valence-electron chi connectivity index (χ1n) is 6.20. The molecule has 0 saturated carbocycles. The molecule has 2 rings (SSSR count). The lowest BCUT2D eigenvalue weighted by atomic mass is 10.3. The number of halogens is 1. The van der Waals surface area contributed by atoms with E-state index in [0.29, 0.717) is 16.5 Å². The van der Waals surface area contributed by atoms with Crippen molar-refractivity contribution in [1.29, 1.82) is 0 Å². The van der Waals surface area contributed by atoms with Crippen LogP contribution in [0.25, 0.3) is 0 Å². The fraction of sp³-hybridized carbons (Fsp3) is 0.214. The Morgan fingerprint density at radius 2 is 2.00 bits per heavy atom. The number of carbonyl (C=O) groups is 1. The lowest BCUT2D eigenvalue weighted by Crippen LogP contribution is -2.16. The minimum absolute atomic E-state index is 0.226. The van der Waals surface area contributed by atoms with Gasteiger partial charge in [-0.1, -0.05) is 23.7 Å². The summed E-state index contributed by atoms with van der Waals surface area (Å²) < 4.78 is 0. The average molecular weight is 291 g/mol. The van der Waals surface area contributed by atoms with Crippen LogP contribution in [0.5, 0.6) is 0 Å². The number of hydrogen-bond donors (Lipinski definition) is 2. The molecule has 20 heavy (non-hydrogen) atoms. The van der Waals surface area contributed by atoms with Crippen LogP contribution < -0.4 is 10.6 Å². The van der Waals surface area contributed by atoms with E-state index in [0.717, 1.165) is 0 Å². The number of para-hydroxylation sites is 1. The predicted molar refractivity (Wildman–Crippen MR) is 80.2 cm³/mol. The van der Waals surface area contributed by atoms with Gasteiger partial charge < -0.3 is 10.6 Å². The molecule has 0 aliphatic heterocycles. The van der Waals surface area contributed by atoms with Gasteiger partial charge in [-0.3, -0.25) is 4.79 Å². The second-order valence-corrected chi connectivity index (χ2v) is 4.93. The molecule has 0 unspecified atom stereocenters. The standard InChI is InChI=1S/C14H15ClN4O/c1-9(2)18-13-7-12(16-8-17-13)14(20)19-11-6-4-3-5-10(11)15/h3-9H,1-2H3,(H,19,20)(H,16,17,18). The van der Waals surface area contributed by atoms with Gasteiger partial charge in [-0.25, -0.2) is 9.97 Å². The van der Waals surface area contributed by atoms with Gasteiger partial charge in [0, 0.05) is 12.1 Å². The summed E-state index contributed by atoms with van der Waals surface area (Å²) in [6.45, 7) is 3.98. The summed E-state index contributed by atoms with van der Waals surface area (Å²) in [5.74, 6) is 0.284. The smallest absolute Gasteiger partial charge is 0.274 e. The van der Waals surface area contributed by atoms with Crippen molar-refractivity contribution in [2.24, 2.45) is 0 Å². The van der Waals surface area contributed by atoms with E-state index in [1.807, 2.05) is 13.8 Å². The number of rotatable bonds is 4. The molecule has 2 N–H and O–H groups in total. The van der Waals surface area contributed by atoms with Gasteiger partial charge in [0.2, 0.25) is 0 Å². The summed E-state index contributed by atoms with van der Waals surface area (Å²) in [5, 5.41) is 6.32. The lowest BCUT2D eigenvalue weighted by Gasteiger charge is -2.10. The average Bonchev–Trinajstić information content (AvgIpc) is 2.41. The zero-order valence-electron chi connectivity index (χ0n) is 11.2. The molecule has 104 valence electrons. The highest BCUT2D eigenvalue weighted by Gasteiger charge is 2.11. The molecule has 1 heterocycles. The molecular weight excluding hydrogens is 276 g/mol. The second kappa shape index (κ2) is 6.34. The van der Waals surface area contributed by atoms with Crippen molar-refractivity contribution in [3.63, 3.8) is 0 Å². The SMILES string of the molecule is CC(C)Nc1cc(C(=O)Nc2ccccc2Cl)ncn1. The fourth-order valence-corrected chi connectivity index (χ4v) is 1.79. The molecule has 0 radical (unpaired) electrons. The number of aromatic nitrogens is 2. The van der Waals surface area contributed by atoms with E-state index in [1.165, 1.54) is 6.33 Å². The first-order valence-corrected chi connectivity index (χ1v) is 6.58. The van der Waals surface area contributed by atoms with Gasteiger partial charge in [-0.2, -0.15) is 0 Å². The van der Waals surface area contributed by atoms with E-state index in [9.17, 15) is 4.79 Å². The van der Waals surface area contributed by atoms with Crippen LogP contribution in [-0.2, 0) is 0 Å². The first kappa shape index (κ1) is 14.3. The molecule has 1 aromatic heterocycles. The topological polar surface area (TPSA) is 66.9 Å². The maximum absolute atomic E-state index is 12.1. The van der Waals surface area contributed by atoms with E-state index in [4.69, 9.17) is 11.6 Å². The Balaban J connectivity index is 2.15. The van der Waals surface area contributed by atoms with Crippen molar-refractivity contribution < 1.29 is 4.79 Å². The molecule has 1 amide bonds. The van der Waals surface area contributed by atoms with E-state index < -0.39 is 0 Å². The maximum atomic E-state index is 12.1. The van der Waals surface area contributed by atoms with Crippen LogP contribution >= 0.6 is 11.6 Å². The van der Waals surface area contributed by atoms with Crippen molar-refractivity contribution in [3.05, 3.63) is 47.4 Å². The van der Waals surface area contributed by atoms with Gasteiger partial charge in [0.15, 0.2) is 0 Å². The molecular formula is C14H15ClN4O. The van der Waals surface area contributed by atoms with Crippen LogP contribution in [0.15, 0.2) is 36.7 Å². The van der Waals surface area contributed by atoms with Gasteiger partial charge >= 0.3 is 0 Å². The summed E-state index contributed by atoms with van der Waals surface area (Å²) in [5.41, 5.74) is 0.833. The quantitative estimate of drug-likeness (QED) is 0.907. The largest absolute Gasteiger partial charge is 0.368 e. The highest BCUT2D eigenvalue weighted by atomic mass is 35.5. The van der Waals surface area contributed by atoms with Crippen LogP contribution in [0.1, 0.15) is 24.3 Å². The van der Waals surface area contributed by atoms with Crippen molar-refractivity contribution in [3.8, 4) is 0 Å². The number of benzene rings is 1. The minimum atomic E-state index is -0.327. The molecule has 0 bridgehead atoms. The Morgan fingerprint density at radius 1 is 1.25 bits per heavy atom. The minimum Gasteiger partial charge on any atom is -0.368 e. The monoisotopic (exact) mass is 290 g/mol. The third-order valence-electron chi connectivity index (χ3n) is 2.46. The van der Waals surface area contributed by atoms with Gasteiger partial charge in [0.05, 0.1) is 10.7 Å². The summed E-state index contributed by atoms with van der Waals surface area (Å²) in [6, 6.07) is 8.87. The number of nitrogens with one attached hydrogen (secondary N) is 2. The van der Waals surface area contributed by atoms with E-state index in [2.05, 4.69) is 20.6 Å². The Bertz CT molecular complexity index is 616. The predicted octanol–water partition coefficient (Wildman–Crippen LogP) is 3.20. The number of anilines is 2. The molecule has 1 aromatic carbocycles. The van der Waals surface area contributed by atoms with Crippen molar-refractivity contribution in [1.82, 2.24) is 9.97 Å². The summed E-state index contributed by atoms with van der Waals surface area (Å²) in [7, 11) is 0. The van der Waals surface area contributed by atoms with E-state index in [1.54, 1.807) is 30.3 Å². The van der Waals surface area contributed by atoms with Gasteiger partial charge in [-0.15, -0.1) is 0 Å². The highest BCUT2D eigenvalue weighted by molar-refractivity contribution is 6.33. The van der Waals surface area contributed by atoms with Gasteiger partial charge in [0.25, 0.3) is 5.91 Å². The lowest BCUT2D eigenvalue weighted by molar-refractivity contribution is 0.102. The van der Waals surface area contributed by atoms with Crippen LogP contribution in [0.2, 0.25) is 5.02 Å². The fourth-order valence-electron chi connectivity index (χ4n) is 1.61. The number of nitrogens with zero attached hydrogens (tertiary/aromatic N) is 2. The third-order valence-corrected chi connectivity index (χ3v) is 2.79. The first-order chi connectivity index (χ1) is 9.56. The molecule has 0 saturated heterocycles. The number of carbonyl (C=O) groups excluding carboxylic acids is 1. The van der Waals surface area contributed by atoms with Crippen LogP contribution in [-0.4, -0.2) is 21.9 Å².